The summed E-state index contributed by atoms with van der Waals surface area (Å²) in [4.78, 5) is 4.29. The van der Waals surface area contributed by atoms with Crippen molar-refractivity contribution in [2.45, 2.75) is 50.7 Å². The molecule has 1 saturated carbocycles. The Hall–Kier alpha value is -0.450. The molecule has 2 fully saturated rings. The van der Waals surface area contributed by atoms with Gasteiger partial charge in [-0.2, -0.15) is 0 Å². The summed E-state index contributed by atoms with van der Waals surface area (Å²) in [7, 11) is 0. The van der Waals surface area contributed by atoms with Gasteiger partial charge in [0.15, 0.2) is 0 Å². The second kappa shape index (κ2) is 5.46. The van der Waals surface area contributed by atoms with Crippen LogP contribution in [0.5, 0.6) is 0 Å². The van der Waals surface area contributed by atoms with Crippen molar-refractivity contribution >= 4 is 11.3 Å². The minimum absolute atomic E-state index is 0.682. The first-order chi connectivity index (χ1) is 8.42. The molecule has 1 aromatic rings. The van der Waals surface area contributed by atoms with Crippen molar-refractivity contribution in [1.29, 1.82) is 0 Å². The minimum atomic E-state index is 0.682. The molecular formula is C13H21N3S. The lowest BCUT2D eigenvalue weighted by Gasteiger charge is -2.24. The number of nitrogens with one attached hydrogen (secondary N) is 2. The molecule has 1 aliphatic carbocycles. The average molecular weight is 251 g/mol. The van der Waals surface area contributed by atoms with Crippen LogP contribution < -0.4 is 10.6 Å². The fourth-order valence-corrected chi connectivity index (χ4v) is 3.85. The summed E-state index contributed by atoms with van der Waals surface area (Å²) in [6, 6.07) is 1.50. The van der Waals surface area contributed by atoms with Gasteiger partial charge in [0.05, 0.1) is 11.2 Å². The van der Waals surface area contributed by atoms with Gasteiger partial charge in [-0.25, -0.2) is 4.98 Å². The van der Waals surface area contributed by atoms with Crippen molar-refractivity contribution < 1.29 is 0 Å². The standard InChI is InChI=1S/C13H21N3S/c1-2-4-13-10(3-1)5-11(16-13)6-14-7-12-8-17-9-15-12/h8-11,13-14,16H,1-7H2. The van der Waals surface area contributed by atoms with E-state index in [1.807, 2.05) is 5.51 Å². The maximum absolute atomic E-state index is 4.29. The minimum Gasteiger partial charge on any atom is -0.310 e. The highest BCUT2D eigenvalue weighted by Crippen LogP contribution is 2.32. The van der Waals surface area contributed by atoms with Gasteiger partial charge in [-0.1, -0.05) is 12.8 Å². The third-order valence-electron chi connectivity index (χ3n) is 4.13. The van der Waals surface area contributed by atoms with Crippen molar-refractivity contribution in [2.24, 2.45) is 5.92 Å². The molecule has 17 heavy (non-hydrogen) atoms. The Morgan fingerprint density at radius 3 is 3.18 bits per heavy atom. The zero-order chi connectivity index (χ0) is 11.5. The topological polar surface area (TPSA) is 37.0 Å². The summed E-state index contributed by atoms with van der Waals surface area (Å²) in [6.07, 6.45) is 7.08. The lowest BCUT2D eigenvalue weighted by molar-refractivity contribution is 0.325. The lowest BCUT2D eigenvalue weighted by Crippen LogP contribution is -2.38. The maximum Gasteiger partial charge on any atom is 0.0795 e. The van der Waals surface area contributed by atoms with Gasteiger partial charge < -0.3 is 10.6 Å². The monoisotopic (exact) mass is 251 g/mol. The molecule has 3 nitrogen and oxygen atoms in total. The third kappa shape index (κ3) is 2.87. The summed E-state index contributed by atoms with van der Waals surface area (Å²) in [5.41, 5.74) is 3.07. The SMILES string of the molecule is c1nc(CNCC2CC3CCCCC3N2)cs1. The fraction of sp³-hybridized carbons (Fsp3) is 0.769. The van der Waals surface area contributed by atoms with E-state index in [1.165, 1.54) is 37.8 Å². The van der Waals surface area contributed by atoms with E-state index in [9.17, 15) is 0 Å². The van der Waals surface area contributed by atoms with E-state index in [1.54, 1.807) is 11.3 Å². The quantitative estimate of drug-likeness (QED) is 0.861. The molecule has 4 heteroatoms. The Morgan fingerprint density at radius 2 is 2.35 bits per heavy atom. The molecule has 0 radical (unpaired) electrons. The third-order valence-corrected chi connectivity index (χ3v) is 4.76. The number of thiazole rings is 1. The van der Waals surface area contributed by atoms with E-state index < -0.39 is 0 Å². The van der Waals surface area contributed by atoms with E-state index in [4.69, 9.17) is 0 Å². The zero-order valence-electron chi connectivity index (χ0n) is 10.2. The smallest absolute Gasteiger partial charge is 0.0795 e. The van der Waals surface area contributed by atoms with Crippen molar-refractivity contribution in [3.63, 3.8) is 0 Å². The van der Waals surface area contributed by atoms with Gasteiger partial charge in [-0.3, -0.25) is 0 Å². The molecule has 2 heterocycles. The summed E-state index contributed by atoms with van der Waals surface area (Å²) < 4.78 is 0. The van der Waals surface area contributed by atoms with Crippen molar-refractivity contribution in [1.82, 2.24) is 15.6 Å². The second-order valence-electron chi connectivity index (χ2n) is 5.36. The lowest BCUT2D eigenvalue weighted by atomic mass is 9.85. The van der Waals surface area contributed by atoms with Gasteiger partial charge in [0.25, 0.3) is 0 Å². The highest BCUT2D eigenvalue weighted by atomic mass is 32.1. The molecule has 2 N–H and O–H groups in total. The van der Waals surface area contributed by atoms with Crippen LogP contribution in [0, 0.1) is 5.92 Å². The molecule has 1 aromatic heterocycles. The zero-order valence-corrected chi connectivity index (χ0v) is 11.0. The largest absolute Gasteiger partial charge is 0.310 e. The Kier molecular flexibility index (Phi) is 3.74. The second-order valence-corrected chi connectivity index (χ2v) is 6.08. The molecule has 94 valence electrons. The Labute approximate surface area is 107 Å². The Morgan fingerprint density at radius 1 is 1.41 bits per heavy atom. The Bertz CT molecular complexity index is 324. The van der Waals surface area contributed by atoms with Gasteiger partial charge in [-0.05, 0) is 25.2 Å². The normalized spacial score (nSPS) is 32.6. The van der Waals surface area contributed by atoms with E-state index in [-0.39, 0.29) is 0 Å². The van der Waals surface area contributed by atoms with Gasteiger partial charge in [0, 0.05) is 30.6 Å². The van der Waals surface area contributed by atoms with E-state index in [0.29, 0.717) is 6.04 Å². The van der Waals surface area contributed by atoms with Crippen molar-refractivity contribution in [3.05, 3.63) is 16.6 Å². The molecule has 3 rings (SSSR count). The summed E-state index contributed by atoms with van der Waals surface area (Å²) in [6.45, 7) is 2.00. The predicted octanol–water partition coefficient (Wildman–Crippen LogP) is 2.15. The first kappa shape index (κ1) is 11.6. The number of fused-ring (bicyclic) bond motifs is 1. The van der Waals surface area contributed by atoms with Crippen LogP contribution in [-0.2, 0) is 6.54 Å². The number of hydrogen-bond acceptors (Lipinski definition) is 4. The molecule has 0 bridgehead atoms. The van der Waals surface area contributed by atoms with E-state index in [2.05, 4.69) is 21.0 Å². The highest BCUT2D eigenvalue weighted by Gasteiger charge is 2.34. The number of hydrogen-bond donors (Lipinski definition) is 2. The summed E-state index contributed by atoms with van der Waals surface area (Å²) in [5.74, 6) is 0.954. The Balaban J connectivity index is 1.41. The molecule has 0 spiro atoms. The average Bonchev–Trinajstić information content (AvgIpc) is 2.96. The van der Waals surface area contributed by atoms with Crippen LogP contribution in [0.25, 0.3) is 0 Å². The molecule has 3 atom stereocenters. The van der Waals surface area contributed by atoms with Gasteiger partial charge in [0.2, 0.25) is 0 Å². The van der Waals surface area contributed by atoms with Crippen LogP contribution in [0.1, 0.15) is 37.8 Å². The number of rotatable bonds is 4. The fourth-order valence-electron chi connectivity index (χ4n) is 3.29. The molecule has 1 aliphatic heterocycles. The highest BCUT2D eigenvalue weighted by molar-refractivity contribution is 7.07. The molecule has 0 aromatic carbocycles. The molecule has 1 saturated heterocycles. The number of nitrogens with zero attached hydrogens (tertiary/aromatic N) is 1. The molecule has 2 aliphatic rings. The van der Waals surface area contributed by atoms with E-state index in [0.717, 1.165) is 25.0 Å². The van der Waals surface area contributed by atoms with Gasteiger partial charge in [-0.15, -0.1) is 11.3 Å². The summed E-state index contributed by atoms with van der Waals surface area (Å²) in [5, 5.41) is 9.43. The van der Waals surface area contributed by atoms with Crippen LogP contribution >= 0.6 is 11.3 Å². The van der Waals surface area contributed by atoms with Crippen LogP contribution in [0.4, 0.5) is 0 Å². The van der Waals surface area contributed by atoms with Crippen molar-refractivity contribution in [3.8, 4) is 0 Å². The van der Waals surface area contributed by atoms with Crippen LogP contribution in [0.2, 0.25) is 0 Å². The maximum atomic E-state index is 4.29. The van der Waals surface area contributed by atoms with Crippen molar-refractivity contribution in [2.75, 3.05) is 6.54 Å². The van der Waals surface area contributed by atoms with Crippen LogP contribution in [0.15, 0.2) is 10.9 Å². The van der Waals surface area contributed by atoms with Gasteiger partial charge >= 0.3 is 0 Å². The first-order valence-electron chi connectivity index (χ1n) is 6.75. The molecular weight excluding hydrogens is 230 g/mol. The first-order valence-corrected chi connectivity index (χ1v) is 7.70. The molecule has 0 amide bonds. The van der Waals surface area contributed by atoms with E-state index >= 15 is 0 Å². The number of aromatic nitrogens is 1. The van der Waals surface area contributed by atoms with Crippen LogP contribution in [0.3, 0.4) is 0 Å². The van der Waals surface area contributed by atoms with Gasteiger partial charge in [0.1, 0.15) is 0 Å². The predicted molar refractivity (Wildman–Crippen MR) is 71.1 cm³/mol. The summed E-state index contributed by atoms with van der Waals surface area (Å²) >= 11 is 1.67. The van der Waals surface area contributed by atoms with Crippen LogP contribution in [-0.4, -0.2) is 23.6 Å². The molecule has 3 unspecified atom stereocenters.